The van der Waals surface area contributed by atoms with Gasteiger partial charge in [0.05, 0.1) is 30.4 Å². The third kappa shape index (κ3) is 5.35. The van der Waals surface area contributed by atoms with Crippen LogP contribution in [-0.2, 0) is 17.8 Å². The highest BCUT2D eigenvalue weighted by atomic mass is 32.1. The fourth-order valence-electron chi connectivity index (χ4n) is 3.26. The molecule has 3 rings (SSSR count). The normalized spacial score (nSPS) is 10.5. The van der Waals surface area contributed by atoms with Gasteiger partial charge < -0.3 is 0 Å². The summed E-state index contributed by atoms with van der Waals surface area (Å²) in [4.78, 5) is 29.7. The summed E-state index contributed by atoms with van der Waals surface area (Å²) in [7, 11) is 0. The summed E-state index contributed by atoms with van der Waals surface area (Å²) in [6.45, 7) is 6.13. The quantitative estimate of drug-likeness (QED) is 0.552. The Hall–Kier alpha value is -3.51. The lowest BCUT2D eigenvalue weighted by atomic mass is 10.1. The molecule has 0 unspecified atom stereocenters. The van der Waals surface area contributed by atoms with E-state index >= 15 is 0 Å². The highest BCUT2D eigenvalue weighted by Crippen LogP contribution is 2.27. The van der Waals surface area contributed by atoms with Crippen molar-refractivity contribution in [1.82, 2.24) is 25.6 Å². The van der Waals surface area contributed by atoms with Gasteiger partial charge in [0.15, 0.2) is 0 Å². The van der Waals surface area contributed by atoms with Crippen LogP contribution in [0.2, 0.25) is 0 Å². The van der Waals surface area contributed by atoms with E-state index in [2.05, 4.69) is 27.0 Å². The molecule has 0 radical (unpaired) electrons. The largest absolute Gasteiger partial charge is 0.281 e. The van der Waals surface area contributed by atoms with Crippen molar-refractivity contribution >= 4 is 23.2 Å². The molecule has 0 aliphatic carbocycles. The first-order valence-electron chi connectivity index (χ1n) is 9.92. The lowest BCUT2D eigenvalue weighted by Gasteiger charge is -2.07. The number of amides is 2. The van der Waals surface area contributed by atoms with Gasteiger partial charge in [-0.05, 0) is 32.8 Å². The summed E-state index contributed by atoms with van der Waals surface area (Å²) >= 11 is 1.29. The first-order chi connectivity index (χ1) is 14.9. The molecule has 2 amide bonds. The molecule has 0 spiro atoms. The fraction of sp³-hybridized carbons (Fsp3) is 0.318. The summed E-state index contributed by atoms with van der Waals surface area (Å²) in [5.74, 6) is -0.676. The molecule has 0 saturated heterocycles. The third-order valence-corrected chi connectivity index (χ3v) is 6.11. The number of aromatic nitrogens is 3. The third-order valence-electron chi connectivity index (χ3n) is 4.91. The van der Waals surface area contributed by atoms with Gasteiger partial charge in [0.1, 0.15) is 9.88 Å². The molecule has 0 aliphatic heterocycles. The minimum Gasteiger partial charge on any atom is -0.273 e. The van der Waals surface area contributed by atoms with E-state index in [-0.39, 0.29) is 18.2 Å². The molecule has 0 aliphatic rings. The number of nitrogens with zero attached hydrogens (tertiary/aromatic N) is 4. The van der Waals surface area contributed by atoms with Crippen LogP contribution >= 0.6 is 11.3 Å². The van der Waals surface area contributed by atoms with E-state index in [1.807, 2.05) is 44.2 Å². The number of aryl methyl sites for hydroxylation is 3. The summed E-state index contributed by atoms with van der Waals surface area (Å²) < 4.78 is 1.80. The lowest BCUT2D eigenvalue weighted by Crippen LogP contribution is -2.41. The number of hydrogen-bond donors (Lipinski definition) is 2. The molecule has 0 fully saturated rings. The van der Waals surface area contributed by atoms with Crippen LogP contribution in [0, 0.1) is 32.1 Å². The van der Waals surface area contributed by atoms with E-state index in [0.717, 1.165) is 27.5 Å². The van der Waals surface area contributed by atoms with Crippen molar-refractivity contribution in [3.63, 3.8) is 0 Å². The topological polar surface area (TPSA) is 113 Å². The minimum absolute atomic E-state index is 0.211. The number of rotatable bonds is 7. The zero-order valence-corrected chi connectivity index (χ0v) is 18.5. The van der Waals surface area contributed by atoms with E-state index in [0.29, 0.717) is 30.0 Å². The van der Waals surface area contributed by atoms with Crippen LogP contribution < -0.4 is 10.9 Å². The van der Waals surface area contributed by atoms with Gasteiger partial charge in [-0.1, -0.05) is 30.3 Å². The molecule has 0 atom stereocenters. The maximum absolute atomic E-state index is 12.5. The number of benzene rings is 1. The number of nitriles is 1. The lowest BCUT2D eigenvalue weighted by molar-refractivity contribution is -0.121. The number of hydrogen-bond acceptors (Lipinski definition) is 6. The first-order valence-corrected chi connectivity index (χ1v) is 10.7. The Morgan fingerprint density at radius 3 is 2.58 bits per heavy atom. The monoisotopic (exact) mass is 436 g/mol. The highest BCUT2D eigenvalue weighted by Gasteiger charge is 2.17. The average Bonchev–Trinajstić information content (AvgIpc) is 3.29. The molecule has 31 heavy (non-hydrogen) atoms. The fourth-order valence-corrected chi connectivity index (χ4v) is 4.23. The Morgan fingerprint density at radius 2 is 1.87 bits per heavy atom. The minimum atomic E-state index is -0.387. The number of carbonyl (C=O) groups excluding carboxylic acids is 2. The van der Waals surface area contributed by atoms with Gasteiger partial charge in [-0.15, -0.1) is 11.3 Å². The molecule has 8 nitrogen and oxygen atoms in total. The summed E-state index contributed by atoms with van der Waals surface area (Å²) in [5, 5.41) is 13.9. The predicted molar refractivity (Wildman–Crippen MR) is 118 cm³/mol. The number of thiazole rings is 1. The molecule has 3 aromatic rings. The molecule has 9 heteroatoms. The molecular formula is C22H24N6O2S. The molecule has 2 heterocycles. The molecule has 1 aromatic carbocycles. The van der Waals surface area contributed by atoms with E-state index in [1.54, 1.807) is 11.6 Å². The van der Waals surface area contributed by atoms with Gasteiger partial charge >= 0.3 is 0 Å². The second-order valence-corrected chi connectivity index (χ2v) is 8.08. The number of nitrogens with one attached hydrogen (secondary N) is 2. The van der Waals surface area contributed by atoms with Crippen molar-refractivity contribution < 1.29 is 9.59 Å². The number of carbonyl (C=O) groups is 2. The van der Waals surface area contributed by atoms with Crippen LogP contribution in [0.15, 0.2) is 30.3 Å². The second-order valence-electron chi connectivity index (χ2n) is 7.08. The Kier molecular flexibility index (Phi) is 7.15. The smallest absolute Gasteiger partial charge is 0.273 e. The van der Waals surface area contributed by atoms with E-state index in [1.165, 1.54) is 11.3 Å². The zero-order chi connectivity index (χ0) is 22.4. The Balaban J connectivity index is 1.55. The van der Waals surface area contributed by atoms with Crippen LogP contribution in [0.1, 0.15) is 45.2 Å². The molecule has 2 N–H and O–H groups in total. The van der Waals surface area contributed by atoms with Gasteiger partial charge in [0.25, 0.3) is 5.91 Å². The molecule has 2 aromatic heterocycles. The maximum atomic E-state index is 12.5. The van der Waals surface area contributed by atoms with Crippen molar-refractivity contribution in [1.29, 1.82) is 5.26 Å². The van der Waals surface area contributed by atoms with Crippen LogP contribution in [-0.4, -0.2) is 26.6 Å². The SMILES string of the molecule is Cc1nc(-c2ccccc2)sc1C(=O)NNC(=O)CCc1c(C)nn(CCC#N)c1C. The summed E-state index contributed by atoms with van der Waals surface area (Å²) in [6, 6.07) is 11.7. The van der Waals surface area contributed by atoms with Crippen molar-refractivity contribution in [2.45, 2.75) is 46.6 Å². The molecule has 0 bridgehead atoms. The Bertz CT molecular complexity index is 1130. The van der Waals surface area contributed by atoms with Gasteiger partial charge in [0, 0.05) is 17.7 Å². The standard InChI is InChI=1S/C22H24N6O2S/c1-14-18(16(3)28(27-14)13-7-12-23)10-11-19(29)25-26-21(30)20-15(2)24-22(31-20)17-8-5-4-6-9-17/h4-6,8-9H,7,10-11,13H2,1-3H3,(H,25,29)(H,26,30). The molecule has 160 valence electrons. The molecule has 0 saturated carbocycles. The van der Waals surface area contributed by atoms with Gasteiger partial charge in [-0.3, -0.25) is 25.1 Å². The molecular weight excluding hydrogens is 412 g/mol. The Labute approximate surface area is 184 Å². The van der Waals surface area contributed by atoms with E-state index < -0.39 is 0 Å². The van der Waals surface area contributed by atoms with Gasteiger partial charge in [-0.25, -0.2) is 4.98 Å². The van der Waals surface area contributed by atoms with Crippen molar-refractivity contribution in [3.05, 3.63) is 57.9 Å². The zero-order valence-electron chi connectivity index (χ0n) is 17.7. The average molecular weight is 437 g/mol. The second kappa shape index (κ2) is 10.00. The van der Waals surface area contributed by atoms with Crippen LogP contribution in [0.25, 0.3) is 10.6 Å². The highest BCUT2D eigenvalue weighted by molar-refractivity contribution is 7.17. The summed E-state index contributed by atoms with van der Waals surface area (Å²) in [6.07, 6.45) is 1.10. The van der Waals surface area contributed by atoms with Crippen molar-refractivity contribution in [2.75, 3.05) is 0 Å². The van der Waals surface area contributed by atoms with Crippen LogP contribution in [0.3, 0.4) is 0 Å². The van der Waals surface area contributed by atoms with Crippen LogP contribution in [0.4, 0.5) is 0 Å². The van der Waals surface area contributed by atoms with Crippen LogP contribution in [0.5, 0.6) is 0 Å². The number of hydrazine groups is 1. The van der Waals surface area contributed by atoms with E-state index in [9.17, 15) is 9.59 Å². The van der Waals surface area contributed by atoms with E-state index in [4.69, 9.17) is 5.26 Å². The Morgan fingerprint density at radius 1 is 1.13 bits per heavy atom. The van der Waals surface area contributed by atoms with Gasteiger partial charge in [0.2, 0.25) is 5.91 Å². The van der Waals surface area contributed by atoms with Gasteiger partial charge in [-0.2, -0.15) is 10.4 Å². The maximum Gasteiger partial charge on any atom is 0.281 e. The first kappa shape index (κ1) is 22.2. The predicted octanol–water partition coefficient (Wildman–Crippen LogP) is 3.24. The summed E-state index contributed by atoms with van der Waals surface area (Å²) in [5.41, 5.74) is 9.31. The van der Waals surface area contributed by atoms with Crippen molar-refractivity contribution in [3.8, 4) is 16.6 Å². The van der Waals surface area contributed by atoms with Crippen molar-refractivity contribution in [2.24, 2.45) is 0 Å².